The summed E-state index contributed by atoms with van der Waals surface area (Å²) in [5, 5.41) is 0. The second kappa shape index (κ2) is 9.07. The van der Waals surface area contributed by atoms with Gasteiger partial charge >= 0.3 is 0 Å². The minimum Gasteiger partial charge on any atom is -0.467 e. The zero-order valence-electron chi connectivity index (χ0n) is 14.7. The zero-order chi connectivity index (χ0) is 18.3. The largest absolute Gasteiger partial charge is 0.467 e. The Morgan fingerprint density at radius 1 is 1.44 bits per heavy atom. The minimum absolute atomic E-state index is 0.0278. The molecule has 6 nitrogen and oxygen atoms in total. The number of nitrogens with zero attached hydrogens (tertiary/aromatic N) is 2. The molecule has 7 heteroatoms. The van der Waals surface area contributed by atoms with Gasteiger partial charge in [0.15, 0.2) is 0 Å². The molecule has 1 saturated heterocycles. The lowest BCUT2D eigenvalue weighted by Gasteiger charge is -2.33. The highest BCUT2D eigenvalue weighted by molar-refractivity contribution is 7.89. The van der Waals surface area contributed by atoms with E-state index in [0.717, 1.165) is 6.42 Å². The van der Waals surface area contributed by atoms with E-state index < -0.39 is 10.0 Å². The number of hydrogen-bond donors (Lipinski definition) is 0. The topological polar surface area (TPSA) is 70.8 Å². The van der Waals surface area contributed by atoms with Crippen LogP contribution in [0.3, 0.4) is 0 Å². The molecule has 1 aliphatic rings. The first-order chi connectivity index (χ1) is 12.0. The van der Waals surface area contributed by atoms with Crippen molar-refractivity contribution in [1.29, 1.82) is 0 Å². The van der Waals surface area contributed by atoms with Crippen molar-refractivity contribution in [2.45, 2.75) is 39.2 Å². The number of piperidine rings is 1. The number of furan rings is 1. The van der Waals surface area contributed by atoms with Crippen LogP contribution in [0.5, 0.6) is 0 Å². The van der Waals surface area contributed by atoms with E-state index in [1.54, 1.807) is 23.3 Å². The maximum Gasteiger partial charge on any atom is 0.226 e. The molecule has 1 fully saturated rings. The van der Waals surface area contributed by atoms with Gasteiger partial charge in [-0.1, -0.05) is 19.3 Å². The zero-order valence-corrected chi connectivity index (χ0v) is 15.5. The van der Waals surface area contributed by atoms with Crippen LogP contribution >= 0.6 is 0 Å². The summed E-state index contributed by atoms with van der Waals surface area (Å²) in [6.07, 6.45) is 9.53. The van der Waals surface area contributed by atoms with Crippen molar-refractivity contribution in [2.24, 2.45) is 5.92 Å². The summed E-state index contributed by atoms with van der Waals surface area (Å²) in [5.74, 6) is 3.16. The summed E-state index contributed by atoms with van der Waals surface area (Å²) >= 11 is 0. The molecule has 0 bridgehead atoms. The monoisotopic (exact) mass is 366 g/mol. The Hall–Kier alpha value is -1.78. The molecule has 0 N–H and O–H groups in total. The molecule has 0 atom stereocenters. The van der Waals surface area contributed by atoms with E-state index in [9.17, 15) is 13.2 Å². The minimum atomic E-state index is -3.21. The first kappa shape index (κ1) is 19.5. The Morgan fingerprint density at radius 3 is 2.72 bits per heavy atom. The molecule has 1 amide bonds. The van der Waals surface area contributed by atoms with Crippen molar-refractivity contribution in [1.82, 2.24) is 9.21 Å². The molecule has 0 radical (unpaired) electrons. The van der Waals surface area contributed by atoms with Gasteiger partial charge in [0.25, 0.3) is 0 Å². The molecule has 25 heavy (non-hydrogen) atoms. The molecule has 2 heterocycles. The van der Waals surface area contributed by atoms with E-state index in [-0.39, 0.29) is 24.1 Å². The predicted octanol–water partition coefficient (Wildman–Crippen LogP) is 2.08. The van der Waals surface area contributed by atoms with Gasteiger partial charge in [-0.2, -0.15) is 0 Å². The highest BCUT2D eigenvalue weighted by Gasteiger charge is 2.32. The molecule has 0 aromatic carbocycles. The van der Waals surface area contributed by atoms with E-state index in [1.165, 1.54) is 4.31 Å². The fraction of sp³-hybridized carbons (Fsp3) is 0.611. The fourth-order valence-corrected chi connectivity index (χ4v) is 4.69. The Labute approximate surface area is 150 Å². The van der Waals surface area contributed by atoms with Crippen molar-refractivity contribution in [3.63, 3.8) is 0 Å². The van der Waals surface area contributed by atoms with Crippen LogP contribution in [-0.2, 0) is 21.4 Å². The van der Waals surface area contributed by atoms with Gasteiger partial charge in [0.2, 0.25) is 15.9 Å². The van der Waals surface area contributed by atoms with Crippen LogP contribution in [0.4, 0.5) is 0 Å². The van der Waals surface area contributed by atoms with Gasteiger partial charge < -0.3 is 9.32 Å². The number of terminal acetylenes is 1. The summed E-state index contributed by atoms with van der Waals surface area (Å²) in [6.45, 7) is 3.32. The second-order valence-corrected chi connectivity index (χ2v) is 8.41. The average molecular weight is 366 g/mol. The molecule has 2 rings (SSSR count). The quantitative estimate of drug-likeness (QED) is 0.661. The fourth-order valence-electron chi connectivity index (χ4n) is 3.01. The van der Waals surface area contributed by atoms with Gasteiger partial charge in [0, 0.05) is 19.0 Å². The maximum absolute atomic E-state index is 12.8. The number of amides is 1. The Morgan fingerprint density at radius 2 is 2.16 bits per heavy atom. The standard InChI is InChI=1S/C18H26N2O4S/c1-3-5-14-25(22,23)20-11-8-16(9-12-20)18(21)19(10-4-2)15-17-7-6-13-24-17/h2,6-7,13,16H,3,5,8-12,14-15H2,1H3. The summed E-state index contributed by atoms with van der Waals surface area (Å²) in [4.78, 5) is 14.4. The van der Waals surface area contributed by atoms with Crippen LogP contribution in [0, 0.1) is 18.3 Å². The van der Waals surface area contributed by atoms with Crippen LogP contribution < -0.4 is 0 Å². The van der Waals surface area contributed by atoms with Gasteiger partial charge in [-0.05, 0) is 31.4 Å². The van der Waals surface area contributed by atoms with E-state index in [4.69, 9.17) is 10.8 Å². The SMILES string of the molecule is C#CCN(Cc1ccco1)C(=O)C1CCN(S(=O)(=O)CCCC)CC1. The number of hydrogen-bond acceptors (Lipinski definition) is 4. The highest BCUT2D eigenvalue weighted by atomic mass is 32.2. The predicted molar refractivity (Wildman–Crippen MR) is 95.9 cm³/mol. The number of carbonyl (C=O) groups is 1. The molecule has 138 valence electrons. The lowest BCUT2D eigenvalue weighted by molar-refractivity contribution is -0.137. The number of unbranched alkanes of at least 4 members (excludes halogenated alkanes) is 1. The van der Waals surface area contributed by atoms with E-state index in [0.29, 0.717) is 44.7 Å². The molecule has 0 unspecified atom stereocenters. The van der Waals surface area contributed by atoms with Crippen LogP contribution in [0.1, 0.15) is 38.4 Å². The van der Waals surface area contributed by atoms with Gasteiger partial charge in [-0.3, -0.25) is 4.79 Å². The van der Waals surface area contributed by atoms with E-state index in [2.05, 4.69) is 5.92 Å². The van der Waals surface area contributed by atoms with Crippen LogP contribution in [-0.4, -0.2) is 48.9 Å². The third-order valence-electron chi connectivity index (χ3n) is 4.47. The third kappa shape index (κ3) is 5.35. The molecule has 1 aliphatic heterocycles. The Balaban J connectivity index is 1.93. The van der Waals surface area contributed by atoms with Crippen molar-refractivity contribution in [3.8, 4) is 12.3 Å². The van der Waals surface area contributed by atoms with Crippen molar-refractivity contribution >= 4 is 15.9 Å². The van der Waals surface area contributed by atoms with E-state index >= 15 is 0 Å². The van der Waals surface area contributed by atoms with Gasteiger partial charge in [0.1, 0.15) is 5.76 Å². The molecule has 0 saturated carbocycles. The van der Waals surface area contributed by atoms with Gasteiger partial charge in [-0.15, -0.1) is 6.42 Å². The molecular formula is C18H26N2O4S. The number of rotatable bonds is 8. The summed E-state index contributed by atoms with van der Waals surface area (Å²) < 4.78 is 31.3. The smallest absolute Gasteiger partial charge is 0.226 e. The van der Waals surface area contributed by atoms with Gasteiger partial charge in [0.05, 0.1) is 25.1 Å². The first-order valence-electron chi connectivity index (χ1n) is 8.70. The van der Waals surface area contributed by atoms with E-state index in [1.807, 2.05) is 6.92 Å². The number of sulfonamides is 1. The molecule has 0 spiro atoms. The maximum atomic E-state index is 12.8. The second-order valence-electron chi connectivity index (χ2n) is 6.32. The van der Waals surface area contributed by atoms with Crippen LogP contribution in [0.2, 0.25) is 0 Å². The van der Waals surface area contributed by atoms with Crippen molar-refractivity contribution < 1.29 is 17.6 Å². The first-order valence-corrected chi connectivity index (χ1v) is 10.3. The normalized spacial score (nSPS) is 16.5. The molecule has 0 aliphatic carbocycles. The molecule has 1 aromatic heterocycles. The van der Waals surface area contributed by atoms with Crippen molar-refractivity contribution in [2.75, 3.05) is 25.4 Å². The summed E-state index contributed by atoms with van der Waals surface area (Å²) in [6, 6.07) is 3.58. The van der Waals surface area contributed by atoms with Crippen LogP contribution in [0.15, 0.2) is 22.8 Å². The molecular weight excluding hydrogens is 340 g/mol. The van der Waals surface area contributed by atoms with Gasteiger partial charge in [-0.25, -0.2) is 12.7 Å². The number of carbonyl (C=O) groups excluding carboxylic acids is 1. The summed E-state index contributed by atoms with van der Waals surface area (Å²) in [7, 11) is -3.21. The van der Waals surface area contributed by atoms with Crippen LogP contribution in [0.25, 0.3) is 0 Å². The molecule has 1 aromatic rings. The Bertz CT molecular complexity index is 683. The third-order valence-corrected chi connectivity index (χ3v) is 6.43. The lowest BCUT2D eigenvalue weighted by Crippen LogP contribution is -2.44. The highest BCUT2D eigenvalue weighted by Crippen LogP contribution is 2.23. The Kier molecular flexibility index (Phi) is 7.09. The summed E-state index contributed by atoms with van der Waals surface area (Å²) in [5.41, 5.74) is 0. The average Bonchev–Trinajstić information content (AvgIpc) is 3.12. The van der Waals surface area contributed by atoms with Crippen molar-refractivity contribution in [3.05, 3.63) is 24.2 Å². The lowest BCUT2D eigenvalue weighted by atomic mass is 9.96.